The van der Waals surface area contributed by atoms with Gasteiger partial charge in [-0.25, -0.2) is 0 Å². The molecule has 2 fully saturated rings. The van der Waals surface area contributed by atoms with Crippen molar-refractivity contribution < 1.29 is 9.90 Å². The van der Waals surface area contributed by atoms with E-state index >= 15 is 0 Å². The van der Waals surface area contributed by atoms with Crippen LogP contribution in [-0.2, 0) is 4.79 Å². The molecule has 0 heterocycles. The Bertz CT molecular complexity index is 572. The maximum atomic E-state index is 12.0. The summed E-state index contributed by atoms with van der Waals surface area (Å²) in [7, 11) is 0. The Balaban J connectivity index is 2.03. The number of hydrogen-bond acceptors (Lipinski definition) is 1. The van der Waals surface area contributed by atoms with Crippen LogP contribution in [0, 0.1) is 28.6 Å². The summed E-state index contributed by atoms with van der Waals surface area (Å²) in [6.45, 7) is 8.60. The number of carboxylic acid groups (broad SMARTS) is 1. The van der Waals surface area contributed by atoms with Gasteiger partial charge in [0, 0.05) is 0 Å². The minimum absolute atomic E-state index is 0.0236. The highest BCUT2D eigenvalue weighted by Gasteiger charge is 2.63. The van der Waals surface area contributed by atoms with Crippen LogP contribution in [0.25, 0.3) is 0 Å². The van der Waals surface area contributed by atoms with Crippen LogP contribution in [0.4, 0.5) is 0 Å². The molecule has 0 radical (unpaired) electrons. The summed E-state index contributed by atoms with van der Waals surface area (Å²) < 4.78 is 0. The van der Waals surface area contributed by atoms with Gasteiger partial charge in [0.15, 0.2) is 0 Å². The molecule has 0 amide bonds. The van der Waals surface area contributed by atoms with Gasteiger partial charge >= 0.3 is 5.97 Å². The van der Waals surface area contributed by atoms with Gasteiger partial charge in [0.2, 0.25) is 0 Å². The molecule has 2 saturated carbocycles. The third-order valence-corrected chi connectivity index (χ3v) is 8.53. The maximum Gasteiger partial charge on any atom is 0.309 e. The van der Waals surface area contributed by atoms with Crippen molar-refractivity contribution in [2.45, 2.75) is 76.5 Å². The average molecular weight is 373 g/mol. The molecule has 0 aliphatic heterocycles. The molecule has 6 unspecified atom stereocenters. The van der Waals surface area contributed by atoms with Gasteiger partial charge in [0.05, 0.1) is 15.7 Å². The van der Waals surface area contributed by atoms with Crippen molar-refractivity contribution in [3.05, 3.63) is 11.6 Å². The lowest BCUT2D eigenvalue weighted by Crippen LogP contribution is -2.60. The molecule has 2 nitrogen and oxygen atoms in total. The zero-order valence-corrected chi connectivity index (χ0v) is 16.8. The van der Waals surface area contributed by atoms with Gasteiger partial charge in [-0.15, -0.1) is 23.2 Å². The molecule has 1 N–H and O–H groups in total. The largest absolute Gasteiger partial charge is 0.481 e. The van der Waals surface area contributed by atoms with Crippen LogP contribution in [0.15, 0.2) is 11.6 Å². The van der Waals surface area contributed by atoms with E-state index in [1.165, 1.54) is 5.57 Å². The summed E-state index contributed by atoms with van der Waals surface area (Å²) in [6.07, 6.45) is 7.69. The standard InChI is InChI=1S/C20H30Cl2O2/c1-12(2)13-11-20(22)9-6-15-18(3,16(20)10-14(13)21)7-5-8-19(15,4)17(23)24/h11-12,14-16H,5-10H2,1-4H3,(H,23,24). The molecule has 0 aromatic heterocycles. The first-order valence-corrected chi connectivity index (χ1v) is 10.1. The van der Waals surface area contributed by atoms with E-state index in [2.05, 4.69) is 26.8 Å². The first-order valence-electron chi connectivity index (χ1n) is 9.33. The number of aliphatic carboxylic acids is 1. The number of carboxylic acids is 1. The number of allylic oxidation sites excluding steroid dienone is 2. The topological polar surface area (TPSA) is 37.3 Å². The van der Waals surface area contributed by atoms with E-state index in [0.717, 1.165) is 38.5 Å². The monoisotopic (exact) mass is 372 g/mol. The number of rotatable bonds is 2. The number of halogens is 2. The molecule has 0 bridgehead atoms. The molecule has 0 saturated heterocycles. The van der Waals surface area contributed by atoms with Crippen LogP contribution in [0.1, 0.15) is 66.2 Å². The Labute approximate surface area is 156 Å². The van der Waals surface area contributed by atoms with Crippen molar-refractivity contribution >= 4 is 29.2 Å². The minimum Gasteiger partial charge on any atom is -0.481 e. The van der Waals surface area contributed by atoms with Crippen molar-refractivity contribution in [3.8, 4) is 0 Å². The Kier molecular flexibility index (Phi) is 4.57. The van der Waals surface area contributed by atoms with Gasteiger partial charge in [-0.3, -0.25) is 4.79 Å². The number of carbonyl (C=O) groups is 1. The molecule has 3 rings (SSSR count). The number of alkyl halides is 2. The summed E-state index contributed by atoms with van der Waals surface area (Å²) in [4.78, 5) is 11.7. The lowest BCUT2D eigenvalue weighted by atomic mass is 9.44. The van der Waals surface area contributed by atoms with Crippen LogP contribution >= 0.6 is 23.2 Å². The molecule has 4 heteroatoms. The first-order chi connectivity index (χ1) is 11.0. The second kappa shape index (κ2) is 5.91. The highest BCUT2D eigenvalue weighted by molar-refractivity contribution is 6.27. The quantitative estimate of drug-likeness (QED) is 0.486. The van der Waals surface area contributed by atoms with Gasteiger partial charge in [-0.2, -0.15) is 0 Å². The predicted molar refractivity (Wildman–Crippen MR) is 99.7 cm³/mol. The van der Waals surface area contributed by atoms with Crippen LogP contribution in [0.5, 0.6) is 0 Å². The lowest BCUT2D eigenvalue weighted by Gasteiger charge is -2.62. The molecular formula is C20H30Cl2O2. The fourth-order valence-electron chi connectivity index (χ4n) is 6.20. The van der Waals surface area contributed by atoms with Gasteiger partial charge in [-0.1, -0.05) is 38.8 Å². The van der Waals surface area contributed by atoms with E-state index in [1.54, 1.807) is 0 Å². The summed E-state index contributed by atoms with van der Waals surface area (Å²) in [5, 5.41) is 9.93. The molecule has 0 aromatic carbocycles. The van der Waals surface area contributed by atoms with Crippen molar-refractivity contribution in [3.63, 3.8) is 0 Å². The fourth-order valence-corrected chi connectivity index (χ4v) is 7.27. The summed E-state index contributed by atoms with van der Waals surface area (Å²) in [5.41, 5.74) is 0.592. The third-order valence-electron chi connectivity index (χ3n) is 7.53. The van der Waals surface area contributed by atoms with Crippen LogP contribution in [-0.4, -0.2) is 21.3 Å². The van der Waals surface area contributed by atoms with E-state index in [4.69, 9.17) is 23.2 Å². The van der Waals surface area contributed by atoms with E-state index in [1.807, 2.05) is 6.92 Å². The first kappa shape index (κ1) is 18.6. The van der Waals surface area contributed by atoms with Gasteiger partial charge in [0.25, 0.3) is 0 Å². The molecule has 0 aromatic rings. The summed E-state index contributed by atoms with van der Waals surface area (Å²) >= 11 is 13.9. The zero-order valence-electron chi connectivity index (χ0n) is 15.2. The maximum absolute atomic E-state index is 12.0. The Morgan fingerprint density at radius 2 is 1.92 bits per heavy atom. The SMILES string of the molecule is CC(C)C1=CC2(Cl)CCC3C(C)(C(=O)O)CCCC3(C)C2CC1Cl. The van der Waals surface area contributed by atoms with E-state index < -0.39 is 11.4 Å². The van der Waals surface area contributed by atoms with Crippen molar-refractivity contribution in [2.24, 2.45) is 28.6 Å². The third kappa shape index (κ3) is 2.55. The van der Waals surface area contributed by atoms with Crippen molar-refractivity contribution in [1.29, 1.82) is 0 Å². The highest BCUT2D eigenvalue weighted by atomic mass is 35.5. The normalized spacial score (nSPS) is 48.5. The van der Waals surface area contributed by atoms with E-state index in [9.17, 15) is 9.90 Å². The Morgan fingerprint density at radius 1 is 1.25 bits per heavy atom. The molecule has 136 valence electrons. The van der Waals surface area contributed by atoms with E-state index in [0.29, 0.717) is 5.92 Å². The Morgan fingerprint density at radius 3 is 2.50 bits per heavy atom. The second-order valence-corrected chi connectivity index (χ2v) is 10.4. The highest BCUT2D eigenvalue weighted by Crippen LogP contribution is 2.66. The summed E-state index contributed by atoms with van der Waals surface area (Å²) in [6, 6.07) is 0. The molecule has 24 heavy (non-hydrogen) atoms. The molecule has 6 atom stereocenters. The Hall–Kier alpha value is -0.210. The molecular weight excluding hydrogens is 343 g/mol. The predicted octanol–water partition coefficient (Wildman–Crippen LogP) is 5.86. The van der Waals surface area contributed by atoms with E-state index in [-0.39, 0.29) is 27.5 Å². The van der Waals surface area contributed by atoms with Crippen LogP contribution in [0.2, 0.25) is 0 Å². The summed E-state index contributed by atoms with van der Waals surface area (Å²) in [5.74, 6) is 0.211. The van der Waals surface area contributed by atoms with Gasteiger partial charge in [0.1, 0.15) is 0 Å². The van der Waals surface area contributed by atoms with Crippen LogP contribution < -0.4 is 0 Å². The smallest absolute Gasteiger partial charge is 0.309 e. The van der Waals surface area contributed by atoms with Crippen molar-refractivity contribution in [2.75, 3.05) is 0 Å². The van der Waals surface area contributed by atoms with Crippen LogP contribution in [0.3, 0.4) is 0 Å². The van der Waals surface area contributed by atoms with Gasteiger partial charge in [-0.05, 0) is 62.2 Å². The molecule has 0 spiro atoms. The molecule has 3 aliphatic rings. The zero-order chi connectivity index (χ0) is 17.9. The fraction of sp³-hybridized carbons (Fsp3) is 0.850. The second-order valence-electron chi connectivity index (χ2n) is 9.15. The lowest BCUT2D eigenvalue weighted by molar-refractivity contribution is -0.168. The average Bonchev–Trinajstić information content (AvgIpc) is 2.47. The number of fused-ring (bicyclic) bond motifs is 3. The number of hydrogen-bond donors (Lipinski definition) is 1. The van der Waals surface area contributed by atoms with Crippen molar-refractivity contribution in [1.82, 2.24) is 0 Å². The van der Waals surface area contributed by atoms with Gasteiger partial charge < -0.3 is 5.11 Å². The minimum atomic E-state index is -0.642. The molecule has 3 aliphatic carbocycles.